The Labute approximate surface area is 138 Å². The van der Waals surface area contributed by atoms with Gasteiger partial charge in [0.25, 0.3) is 0 Å². The second kappa shape index (κ2) is 8.37. The lowest BCUT2D eigenvalue weighted by Gasteiger charge is -2.15. The third-order valence-electron chi connectivity index (χ3n) is 3.97. The zero-order chi connectivity index (χ0) is 16.7. The van der Waals surface area contributed by atoms with E-state index in [0.717, 1.165) is 23.4 Å². The number of amides is 1. The van der Waals surface area contributed by atoms with Crippen LogP contribution >= 0.6 is 0 Å². The van der Waals surface area contributed by atoms with Crippen molar-refractivity contribution in [2.45, 2.75) is 39.5 Å². The normalized spacial score (nSPS) is 11.8. The van der Waals surface area contributed by atoms with E-state index in [4.69, 9.17) is 4.74 Å². The fourth-order valence-electron chi connectivity index (χ4n) is 2.44. The molecule has 122 valence electrons. The van der Waals surface area contributed by atoms with E-state index in [2.05, 4.69) is 25.2 Å². The number of para-hydroxylation sites is 1. The van der Waals surface area contributed by atoms with Crippen LogP contribution < -0.4 is 10.1 Å². The van der Waals surface area contributed by atoms with Crippen molar-refractivity contribution in [3.05, 3.63) is 59.7 Å². The number of rotatable bonds is 7. The summed E-state index contributed by atoms with van der Waals surface area (Å²) in [4.78, 5) is 12.1. The Morgan fingerprint density at radius 2 is 1.96 bits per heavy atom. The summed E-state index contributed by atoms with van der Waals surface area (Å²) >= 11 is 0. The van der Waals surface area contributed by atoms with E-state index in [9.17, 15) is 4.79 Å². The molecule has 1 unspecified atom stereocenters. The minimum absolute atomic E-state index is 0.0200. The molecule has 0 bridgehead atoms. The van der Waals surface area contributed by atoms with Gasteiger partial charge in [0.15, 0.2) is 0 Å². The lowest BCUT2D eigenvalue weighted by Crippen LogP contribution is -2.16. The average Bonchev–Trinajstić information content (AvgIpc) is 2.55. The second-order valence-corrected chi connectivity index (χ2v) is 5.86. The molecule has 3 nitrogen and oxygen atoms in total. The van der Waals surface area contributed by atoms with E-state index in [0.29, 0.717) is 18.9 Å². The summed E-state index contributed by atoms with van der Waals surface area (Å²) in [6.45, 7) is 6.72. The van der Waals surface area contributed by atoms with E-state index < -0.39 is 0 Å². The number of hydrogen-bond acceptors (Lipinski definition) is 2. The molecule has 0 aliphatic carbocycles. The lowest BCUT2D eigenvalue weighted by atomic mass is 9.97. The van der Waals surface area contributed by atoms with Crippen LogP contribution in [0.3, 0.4) is 0 Å². The maximum Gasteiger partial charge on any atom is 0.227 e. The van der Waals surface area contributed by atoms with Crippen LogP contribution in [-0.2, 0) is 4.79 Å². The van der Waals surface area contributed by atoms with Gasteiger partial charge in [-0.2, -0.15) is 0 Å². The molecule has 0 aliphatic rings. The number of carbonyl (C=O) groups is 1. The van der Waals surface area contributed by atoms with Gasteiger partial charge < -0.3 is 10.1 Å². The zero-order valence-corrected chi connectivity index (χ0v) is 14.1. The van der Waals surface area contributed by atoms with Gasteiger partial charge >= 0.3 is 0 Å². The number of carbonyl (C=O) groups excluding carboxylic acids is 1. The van der Waals surface area contributed by atoms with Gasteiger partial charge in [0.05, 0.1) is 13.0 Å². The quantitative estimate of drug-likeness (QED) is 0.788. The van der Waals surface area contributed by atoms with Gasteiger partial charge in [-0.3, -0.25) is 4.79 Å². The van der Waals surface area contributed by atoms with Crippen molar-refractivity contribution in [2.24, 2.45) is 0 Å². The van der Waals surface area contributed by atoms with Crippen LogP contribution in [0.1, 0.15) is 43.7 Å². The summed E-state index contributed by atoms with van der Waals surface area (Å²) in [6.07, 6.45) is 1.38. The van der Waals surface area contributed by atoms with Gasteiger partial charge in [0, 0.05) is 5.69 Å². The molecule has 2 aromatic rings. The van der Waals surface area contributed by atoms with E-state index in [1.165, 1.54) is 5.56 Å². The first-order valence-electron chi connectivity index (χ1n) is 8.18. The third kappa shape index (κ3) is 5.13. The summed E-state index contributed by atoms with van der Waals surface area (Å²) in [5.41, 5.74) is 3.24. The minimum Gasteiger partial charge on any atom is -0.493 e. The number of hydrogen-bond donors (Lipinski definition) is 1. The molecule has 0 fully saturated rings. The summed E-state index contributed by atoms with van der Waals surface area (Å²) in [7, 11) is 0. The maximum atomic E-state index is 12.1. The summed E-state index contributed by atoms with van der Waals surface area (Å²) in [5, 5.41) is 3.00. The number of anilines is 1. The molecule has 23 heavy (non-hydrogen) atoms. The number of aryl methyl sites for hydroxylation is 1. The van der Waals surface area contributed by atoms with Crippen molar-refractivity contribution in [3.8, 4) is 5.75 Å². The van der Waals surface area contributed by atoms with Crippen molar-refractivity contribution in [2.75, 3.05) is 11.9 Å². The zero-order valence-electron chi connectivity index (χ0n) is 14.1. The van der Waals surface area contributed by atoms with Gasteiger partial charge in [-0.1, -0.05) is 44.2 Å². The Morgan fingerprint density at radius 3 is 2.70 bits per heavy atom. The minimum atomic E-state index is -0.0200. The molecule has 0 saturated heterocycles. The fourth-order valence-corrected chi connectivity index (χ4v) is 2.44. The molecule has 0 saturated carbocycles. The van der Waals surface area contributed by atoms with E-state index in [-0.39, 0.29) is 5.91 Å². The van der Waals surface area contributed by atoms with Crippen molar-refractivity contribution in [3.63, 3.8) is 0 Å². The molecular formula is C20H25NO2. The molecular weight excluding hydrogens is 286 g/mol. The monoisotopic (exact) mass is 311 g/mol. The largest absolute Gasteiger partial charge is 0.493 e. The SMILES string of the molecule is CCC(C)c1ccccc1NC(=O)CCOc1cccc(C)c1. The van der Waals surface area contributed by atoms with Gasteiger partial charge in [0.2, 0.25) is 5.91 Å². The highest BCUT2D eigenvalue weighted by Gasteiger charge is 2.11. The van der Waals surface area contributed by atoms with Crippen molar-refractivity contribution >= 4 is 11.6 Å². The van der Waals surface area contributed by atoms with E-state index in [1.807, 2.05) is 49.4 Å². The van der Waals surface area contributed by atoms with Crippen LogP contribution in [0.25, 0.3) is 0 Å². The molecule has 0 radical (unpaired) electrons. The molecule has 2 aromatic carbocycles. The van der Waals surface area contributed by atoms with Crippen LogP contribution in [-0.4, -0.2) is 12.5 Å². The molecule has 0 spiro atoms. The van der Waals surface area contributed by atoms with E-state index >= 15 is 0 Å². The number of ether oxygens (including phenoxy) is 1. The molecule has 1 N–H and O–H groups in total. The number of benzene rings is 2. The summed E-state index contributed by atoms with van der Waals surface area (Å²) in [5.74, 6) is 1.21. The Kier molecular flexibility index (Phi) is 6.21. The smallest absolute Gasteiger partial charge is 0.227 e. The van der Waals surface area contributed by atoms with Crippen LogP contribution in [0.2, 0.25) is 0 Å². The van der Waals surface area contributed by atoms with Crippen molar-refractivity contribution in [1.29, 1.82) is 0 Å². The highest BCUT2D eigenvalue weighted by molar-refractivity contribution is 5.91. The highest BCUT2D eigenvalue weighted by atomic mass is 16.5. The first-order chi connectivity index (χ1) is 11.1. The first-order valence-corrected chi connectivity index (χ1v) is 8.18. The summed E-state index contributed by atoms with van der Waals surface area (Å²) < 4.78 is 5.63. The highest BCUT2D eigenvalue weighted by Crippen LogP contribution is 2.26. The van der Waals surface area contributed by atoms with Crippen LogP contribution in [0.5, 0.6) is 5.75 Å². The molecule has 1 amide bonds. The molecule has 0 aliphatic heterocycles. The van der Waals surface area contributed by atoms with Gasteiger partial charge in [-0.05, 0) is 48.6 Å². The molecule has 3 heteroatoms. The molecule has 0 heterocycles. The predicted molar refractivity (Wildman–Crippen MR) is 95.1 cm³/mol. The second-order valence-electron chi connectivity index (χ2n) is 5.86. The molecule has 1 atom stereocenters. The van der Waals surface area contributed by atoms with Gasteiger partial charge in [-0.25, -0.2) is 0 Å². The predicted octanol–water partition coefficient (Wildman–Crippen LogP) is 4.92. The van der Waals surface area contributed by atoms with Crippen LogP contribution in [0.4, 0.5) is 5.69 Å². The third-order valence-corrected chi connectivity index (χ3v) is 3.97. The van der Waals surface area contributed by atoms with Crippen molar-refractivity contribution < 1.29 is 9.53 Å². The molecule has 2 rings (SSSR count). The Balaban J connectivity index is 1.88. The van der Waals surface area contributed by atoms with E-state index in [1.54, 1.807) is 0 Å². The average molecular weight is 311 g/mol. The Morgan fingerprint density at radius 1 is 1.17 bits per heavy atom. The van der Waals surface area contributed by atoms with Gasteiger partial charge in [0.1, 0.15) is 5.75 Å². The lowest BCUT2D eigenvalue weighted by molar-refractivity contribution is -0.116. The van der Waals surface area contributed by atoms with Gasteiger partial charge in [-0.15, -0.1) is 0 Å². The number of nitrogens with one attached hydrogen (secondary N) is 1. The summed E-state index contributed by atoms with van der Waals surface area (Å²) in [6, 6.07) is 15.8. The standard InChI is InChI=1S/C20H25NO2/c1-4-16(3)18-10-5-6-11-19(18)21-20(22)12-13-23-17-9-7-8-15(2)14-17/h5-11,14,16H,4,12-13H2,1-3H3,(H,21,22). The van der Waals surface area contributed by atoms with Crippen LogP contribution in [0.15, 0.2) is 48.5 Å². The molecule has 0 aromatic heterocycles. The Hall–Kier alpha value is -2.29. The van der Waals surface area contributed by atoms with Crippen molar-refractivity contribution in [1.82, 2.24) is 0 Å². The topological polar surface area (TPSA) is 38.3 Å². The maximum absolute atomic E-state index is 12.1. The van der Waals surface area contributed by atoms with Crippen LogP contribution in [0, 0.1) is 6.92 Å². The fraction of sp³-hybridized carbons (Fsp3) is 0.350. The first kappa shape index (κ1) is 17.1. The Bertz CT molecular complexity index is 652.